The van der Waals surface area contributed by atoms with Crippen LogP contribution in [0.4, 0.5) is 4.39 Å². The van der Waals surface area contributed by atoms with Gasteiger partial charge >= 0.3 is 0 Å². The Labute approximate surface area is 156 Å². The summed E-state index contributed by atoms with van der Waals surface area (Å²) in [5.74, 6) is 0.752. The minimum atomic E-state index is -0.683. The number of nitrogens with zero attached hydrogens (tertiary/aromatic N) is 1. The summed E-state index contributed by atoms with van der Waals surface area (Å²) in [6.07, 6.45) is 0.147. The van der Waals surface area contributed by atoms with Gasteiger partial charge < -0.3 is 19.6 Å². The van der Waals surface area contributed by atoms with Gasteiger partial charge in [-0.15, -0.1) is 0 Å². The molecule has 1 unspecified atom stereocenters. The number of rotatable bonds is 7. The zero-order valence-corrected chi connectivity index (χ0v) is 15.2. The Morgan fingerprint density at radius 1 is 1.26 bits per heavy atom. The average molecular weight is 372 g/mol. The largest absolute Gasteiger partial charge is 0.497 e. The minimum absolute atomic E-state index is 0.258. The van der Waals surface area contributed by atoms with Gasteiger partial charge in [-0.1, -0.05) is 17.3 Å². The number of carbonyl (C=O) groups excluding carboxylic acids is 1. The molecular weight excluding hydrogens is 351 g/mol. The van der Waals surface area contributed by atoms with E-state index in [0.29, 0.717) is 36.6 Å². The van der Waals surface area contributed by atoms with E-state index in [4.69, 9.17) is 14.3 Å². The number of hydrogen-bond acceptors (Lipinski definition) is 5. The third kappa shape index (κ3) is 4.75. The fourth-order valence-electron chi connectivity index (χ4n) is 2.85. The van der Waals surface area contributed by atoms with Crippen molar-refractivity contribution in [2.75, 3.05) is 14.2 Å². The summed E-state index contributed by atoms with van der Waals surface area (Å²) in [5.41, 5.74) is 2.33. The maximum absolute atomic E-state index is 13.3. The van der Waals surface area contributed by atoms with E-state index in [9.17, 15) is 9.18 Å². The van der Waals surface area contributed by atoms with E-state index in [-0.39, 0.29) is 11.7 Å². The highest BCUT2D eigenvalue weighted by Gasteiger charge is 2.28. The van der Waals surface area contributed by atoms with Crippen LogP contribution in [0.15, 0.2) is 47.6 Å². The Balaban J connectivity index is 1.53. The standard InChI is InChI=1S/C20H21FN2O4/c1-25-17-7-6-14(18(11-17)26-2)12-22-20(24)19-10-16(23-27-19)9-13-4-3-5-15(21)8-13/h3-8,11,19H,9-10,12H2,1-2H3,(H,22,24). The molecule has 0 saturated heterocycles. The molecule has 1 atom stereocenters. The molecule has 1 aliphatic rings. The second-order valence-electron chi connectivity index (χ2n) is 6.16. The second kappa shape index (κ2) is 8.53. The summed E-state index contributed by atoms with van der Waals surface area (Å²) in [5, 5.41) is 6.80. The Hall–Kier alpha value is -3.09. The van der Waals surface area contributed by atoms with Crippen molar-refractivity contribution in [3.05, 3.63) is 59.4 Å². The molecule has 1 aliphatic heterocycles. The first-order valence-electron chi connectivity index (χ1n) is 8.53. The maximum Gasteiger partial charge on any atom is 0.264 e. The first-order valence-corrected chi connectivity index (χ1v) is 8.53. The predicted octanol–water partition coefficient (Wildman–Crippen LogP) is 2.85. The molecule has 6 nitrogen and oxygen atoms in total. The molecule has 3 rings (SSSR count). The molecule has 2 aromatic carbocycles. The summed E-state index contributed by atoms with van der Waals surface area (Å²) >= 11 is 0. The van der Waals surface area contributed by atoms with Crippen molar-refractivity contribution in [1.29, 1.82) is 0 Å². The van der Waals surface area contributed by atoms with Crippen LogP contribution in [0, 0.1) is 5.82 Å². The van der Waals surface area contributed by atoms with Crippen LogP contribution < -0.4 is 14.8 Å². The van der Waals surface area contributed by atoms with Gasteiger partial charge in [0.1, 0.15) is 17.3 Å². The Morgan fingerprint density at radius 2 is 2.11 bits per heavy atom. The summed E-state index contributed by atoms with van der Waals surface area (Å²) in [6.45, 7) is 0.297. The van der Waals surface area contributed by atoms with Crippen LogP contribution in [-0.4, -0.2) is 31.9 Å². The number of ether oxygens (including phenoxy) is 2. The lowest BCUT2D eigenvalue weighted by molar-refractivity contribution is -0.131. The van der Waals surface area contributed by atoms with Gasteiger partial charge in [-0.25, -0.2) is 4.39 Å². The number of carbonyl (C=O) groups is 1. The van der Waals surface area contributed by atoms with Gasteiger partial charge in [0.25, 0.3) is 5.91 Å². The SMILES string of the molecule is COc1ccc(CNC(=O)C2CC(Cc3cccc(F)c3)=NO2)c(OC)c1. The van der Waals surface area contributed by atoms with E-state index in [1.807, 2.05) is 12.1 Å². The van der Waals surface area contributed by atoms with Gasteiger partial charge in [0, 0.05) is 31.0 Å². The van der Waals surface area contributed by atoms with Crippen molar-refractivity contribution in [1.82, 2.24) is 5.32 Å². The van der Waals surface area contributed by atoms with Crippen molar-refractivity contribution in [2.24, 2.45) is 5.16 Å². The lowest BCUT2D eigenvalue weighted by Crippen LogP contribution is -2.34. The van der Waals surface area contributed by atoms with E-state index in [2.05, 4.69) is 10.5 Å². The van der Waals surface area contributed by atoms with Gasteiger partial charge in [0.15, 0.2) is 0 Å². The summed E-state index contributed by atoms with van der Waals surface area (Å²) < 4.78 is 23.7. The minimum Gasteiger partial charge on any atom is -0.497 e. The van der Waals surface area contributed by atoms with Crippen LogP contribution in [0.3, 0.4) is 0 Å². The van der Waals surface area contributed by atoms with Crippen LogP contribution in [0.2, 0.25) is 0 Å². The van der Waals surface area contributed by atoms with Crippen molar-refractivity contribution >= 4 is 11.6 Å². The third-order valence-electron chi connectivity index (χ3n) is 4.27. The number of methoxy groups -OCH3 is 2. The Bertz CT molecular complexity index is 854. The molecule has 27 heavy (non-hydrogen) atoms. The molecule has 0 fully saturated rings. The number of halogens is 1. The van der Waals surface area contributed by atoms with Crippen molar-refractivity contribution in [3.8, 4) is 11.5 Å². The summed E-state index contributed by atoms with van der Waals surface area (Å²) in [6, 6.07) is 11.7. The number of amides is 1. The number of benzene rings is 2. The van der Waals surface area contributed by atoms with E-state index >= 15 is 0 Å². The molecule has 1 N–H and O–H groups in total. The molecule has 1 heterocycles. The van der Waals surface area contributed by atoms with E-state index in [0.717, 1.165) is 11.1 Å². The first kappa shape index (κ1) is 18.7. The van der Waals surface area contributed by atoms with Crippen LogP contribution in [0.25, 0.3) is 0 Å². The van der Waals surface area contributed by atoms with Crippen molar-refractivity contribution < 1.29 is 23.5 Å². The molecule has 0 bridgehead atoms. The highest BCUT2D eigenvalue weighted by atomic mass is 19.1. The van der Waals surface area contributed by atoms with Gasteiger partial charge in [0.2, 0.25) is 6.10 Å². The van der Waals surface area contributed by atoms with Gasteiger partial charge in [0.05, 0.1) is 19.9 Å². The number of oxime groups is 1. The van der Waals surface area contributed by atoms with Crippen LogP contribution in [-0.2, 0) is 22.6 Å². The van der Waals surface area contributed by atoms with Gasteiger partial charge in [-0.3, -0.25) is 4.79 Å². The van der Waals surface area contributed by atoms with Crippen molar-refractivity contribution in [2.45, 2.75) is 25.5 Å². The Kier molecular flexibility index (Phi) is 5.90. The second-order valence-corrected chi connectivity index (χ2v) is 6.16. The summed E-state index contributed by atoms with van der Waals surface area (Å²) in [4.78, 5) is 17.6. The van der Waals surface area contributed by atoms with E-state index in [1.54, 1.807) is 32.4 Å². The number of nitrogens with one attached hydrogen (secondary N) is 1. The molecule has 0 aliphatic carbocycles. The van der Waals surface area contributed by atoms with Crippen LogP contribution in [0.1, 0.15) is 17.5 Å². The predicted molar refractivity (Wildman–Crippen MR) is 98.4 cm³/mol. The third-order valence-corrected chi connectivity index (χ3v) is 4.27. The number of hydrogen-bond donors (Lipinski definition) is 1. The lowest BCUT2D eigenvalue weighted by Gasteiger charge is -2.13. The average Bonchev–Trinajstić information content (AvgIpc) is 3.14. The van der Waals surface area contributed by atoms with Crippen molar-refractivity contribution in [3.63, 3.8) is 0 Å². The van der Waals surface area contributed by atoms with Gasteiger partial charge in [-0.2, -0.15) is 0 Å². The Morgan fingerprint density at radius 3 is 2.85 bits per heavy atom. The van der Waals surface area contributed by atoms with Crippen LogP contribution >= 0.6 is 0 Å². The molecule has 0 radical (unpaired) electrons. The molecule has 2 aromatic rings. The smallest absolute Gasteiger partial charge is 0.264 e. The lowest BCUT2D eigenvalue weighted by atomic mass is 10.0. The zero-order chi connectivity index (χ0) is 19.2. The topological polar surface area (TPSA) is 69.2 Å². The molecule has 1 amide bonds. The molecule has 142 valence electrons. The molecule has 0 spiro atoms. The highest BCUT2D eigenvalue weighted by molar-refractivity contribution is 5.93. The first-order chi connectivity index (χ1) is 13.1. The molecule has 0 aromatic heterocycles. The van der Waals surface area contributed by atoms with Crippen LogP contribution in [0.5, 0.6) is 11.5 Å². The fourth-order valence-corrected chi connectivity index (χ4v) is 2.85. The van der Waals surface area contributed by atoms with E-state index in [1.165, 1.54) is 12.1 Å². The highest BCUT2D eigenvalue weighted by Crippen LogP contribution is 2.24. The normalized spacial score (nSPS) is 15.7. The quantitative estimate of drug-likeness (QED) is 0.811. The monoisotopic (exact) mass is 372 g/mol. The molecule has 7 heteroatoms. The summed E-state index contributed by atoms with van der Waals surface area (Å²) in [7, 11) is 3.14. The zero-order valence-electron chi connectivity index (χ0n) is 15.2. The molecule has 0 saturated carbocycles. The maximum atomic E-state index is 13.3. The fraction of sp³-hybridized carbons (Fsp3) is 0.300. The van der Waals surface area contributed by atoms with E-state index < -0.39 is 6.10 Å². The van der Waals surface area contributed by atoms with Gasteiger partial charge in [-0.05, 0) is 29.8 Å². The molecular formula is C20H21FN2O4.